The van der Waals surface area contributed by atoms with Gasteiger partial charge in [0, 0.05) is 0 Å². The maximum atomic E-state index is 12.7. The topological polar surface area (TPSA) is 50.1 Å². The Labute approximate surface area is 157 Å². The van der Waals surface area contributed by atoms with Gasteiger partial charge in [-0.05, 0) is 69.3 Å². The Hall–Kier alpha value is -1.63. The Morgan fingerprint density at radius 1 is 1.15 bits per heavy atom. The van der Waals surface area contributed by atoms with Crippen molar-refractivity contribution in [2.75, 3.05) is 0 Å². The van der Waals surface area contributed by atoms with Crippen LogP contribution in [0.25, 0.3) is 0 Å². The first-order chi connectivity index (χ1) is 12.6. The SMILES string of the molecule is CCCCC1CCC(OC(=O)C2CCC(C=CC=C(F)C#N)CC2)CC1. The Balaban J connectivity index is 1.67. The van der Waals surface area contributed by atoms with Gasteiger partial charge in [0.2, 0.25) is 0 Å². The first-order valence-corrected chi connectivity index (χ1v) is 10.3. The van der Waals surface area contributed by atoms with Crippen LogP contribution in [0.4, 0.5) is 4.39 Å². The summed E-state index contributed by atoms with van der Waals surface area (Å²) in [6, 6.07) is 1.46. The number of allylic oxidation sites excluding steroid dienone is 4. The van der Waals surface area contributed by atoms with Gasteiger partial charge in [-0.2, -0.15) is 9.65 Å². The number of halogens is 1. The fourth-order valence-electron chi connectivity index (χ4n) is 4.17. The predicted octanol–water partition coefficient (Wildman–Crippen LogP) is 6.02. The number of carbonyl (C=O) groups is 1. The molecular weight excluding hydrogens is 329 g/mol. The zero-order chi connectivity index (χ0) is 18.8. The van der Waals surface area contributed by atoms with Crippen LogP contribution in [0.1, 0.15) is 77.6 Å². The van der Waals surface area contributed by atoms with E-state index in [0.717, 1.165) is 44.4 Å². The first-order valence-electron chi connectivity index (χ1n) is 10.3. The molecule has 2 aliphatic rings. The molecule has 0 aromatic heterocycles. The highest BCUT2D eigenvalue weighted by molar-refractivity contribution is 5.72. The average molecular weight is 362 g/mol. The van der Waals surface area contributed by atoms with E-state index in [9.17, 15) is 9.18 Å². The summed E-state index contributed by atoms with van der Waals surface area (Å²) in [5.41, 5.74) is 0. The quantitative estimate of drug-likeness (QED) is 0.316. The van der Waals surface area contributed by atoms with Gasteiger partial charge < -0.3 is 4.74 Å². The van der Waals surface area contributed by atoms with Crippen molar-refractivity contribution >= 4 is 5.97 Å². The molecule has 0 N–H and O–H groups in total. The second-order valence-corrected chi connectivity index (χ2v) is 7.84. The summed E-state index contributed by atoms with van der Waals surface area (Å²) in [5, 5.41) is 8.38. The fraction of sp³-hybridized carbons (Fsp3) is 0.727. The summed E-state index contributed by atoms with van der Waals surface area (Å²) < 4.78 is 18.5. The number of rotatable bonds is 7. The fourth-order valence-corrected chi connectivity index (χ4v) is 4.17. The zero-order valence-corrected chi connectivity index (χ0v) is 16.0. The van der Waals surface area contributed by atoms with Crippen LogP contribution < -0.4 is 0 Å². The highest BCUT2D eigenvalue weighted by atomic mass is 19.1. The maximum Gasteiger partial charge on any atom is 0.309 e. The van der Waals surface area contributed by atoms with E-state index < -0.39 is 5.83 Å². The molecule has 0 radical (unpaired) electrons. The largest absolute Gasteiger partial charge is 0.462 e. The Morgan fingerprint density at radius 3 is 2.46 bits per heavy atom. The monoisotopic (exact) mass is 361 g/mol. The smallest absolute Gasteiger partial charge is 0.309 e. The molecule has 0 saturated heterocycles. The zero-order valence-electron chi connectivity index (χ0n) is 16.0. The van der Waals surface area contributed by atoms with Crippen LogP contribution in [0.5, 0.6) is 0 Å². The molecular formula is C22H32FNO2. The van der Waals surface area contributed by atoms with E-state index in [0.29, 0.717) is 5.92 Å². The van der Waals surface area contributed by atoms with Crippen LogP contribution in [0.2, 0.25) is 0 Å². The van der Waals surface area contributed by atoms with Gasteiger partial charge in [0.05, 0.1) is 5.92 Å². The van der Waals surface area contributed by atoms with Crippen LogP contribution >= 0.6 is 0 Å². The van der Waals surface area contributed by atoms with Crippen molar-refractivity contribution < 1.29 is 13.9 Å². The lowest BCUT2D eigenvalue weighted by atomic mass is 9.81. The van der Waals surface area contributed by atoms with Gasteiger partial charge >= 0.3 is 5.97 Å². The van der Waals surface area contributed by atoms with E-state index in [1.165, 1.54) is 44.2 Å². The minimum Gasteiger partial charge on any atom is -0.462 e. The van der Waals surface area contributed by atoms with E-state index in [1.54, 1.807) is 6.08 Å². The number of esters is 1. The number of hydrogen-bond donors (Lipinski definition) is 0. The van der Waals surface area contributed by atoms with Crippen molar-refractivity contribution in [2.24, 2.45) is 17.8 Å². The highest BCUT2D eigenvalue weighted by Gasteiger charge is 2.30. The normalized spacial score (nSPS) is 30.1. The minimum absolute atomic E-state index is 0.0140. The Bertz CT molecular complexity index is 533. The lowest BCUT2D eigenvalue weighted by molar-refractivity contribution is -0.157. The average Bonchev–Trinajstić information content (AvgIpc) is 2.67. The van der Waals surface area contributed by atoms with Gasteiger partial charge in [0.15, 0.2) is 5.83 Å². The summed E-state index contributed by atoms with van der Waals surface area (Å²) >= 11 is 0. The van der Waals surface area contributed by atoms with Crippen molar-refractivity contribution in [2.45, 2.75) is 83.7 Å². The maximum absolute atomic E-state index is 12.7. The molecule has 0 heterocycles. The van der Waals surface area contributed by atoms with E-state index in [1.807, 2.05) is 6.08 Å². The molecule has 0 aliphatic heterocycles. The lowest BCUT2D eigenvalue weighted by Gasteiger charge is -2.31. The summed E-state index contributed by atoms with van der Waals surface area (Å²) in [6.07, 6.45) is 16.7. The van der Waals surface area contributed by atoms with E-state index in [-0.39, 0.29) is 18.0 Å². The van der Waals surface area contributed by atoms with Gasteiger partial charge in [-0.15, -0.1) is 0 Å². The second kappa shape index (κ2) is 11.2. The molecule has 0 unspecified atom stereocenters. The summed E-state index contributed by atoms with van der Waals surface area (Å²) in [7, 11) is 0. The first kappa shape index (κ1) is 20.7. The van der Waals surface area contributed by atoms with Gasteiger partial charge in [0.1, 0.15) is 12.2 Å². The molecule has 144 valence electrons. The molecule has 3 nitrogen and oxygen atoms in total. The van der Waals surface area contributed by atoms with E-state index in [4.69, 9.17) is 10.00 Å². The van der Waals surface area contributed by atoms with Gasteiger partial charge in [0.25, 0.3) is 0 Å². The summed E-state index contributed by atoms with van der Waals surface area (Å²) in [6.45, 7) is 2.24. The predicted molar refractivity (Wildman–Crippen MR) is 101 cm³/mol. The van der Waals surface area contributed by atoms with Crippen molar-refractivity contribution in [1.29, 1.82) is 5.26 Å². The van der Waals surface area contributed by atoms with Crippen molar-refractivity contribution in [3.8, 4) is 6.07 Å². The Kier molecular flexibility index (Phi) is 8.88. The van der Waals surface area contributed by atoms with Crippen molar-refractivity contribution in [1.82, 2.24) is 0 Å². The number of nitrogens with zero attached hydrogens (tertiary/aromatic N) is 1. The van der Waals surface area contributed by atoms with Crippen LogP contribution in [-0.4, -0.2) is 12.1 Å². The van der Waals surface area contributed by atoms with Crippen molar-refractivity contribution in [3.63, 3.8) is 0 Å². The van der Waals surface area contributed by atoms with E-state index in [2.05, 4.69) is 6.92 Å². The molecule has 2 saturated carbocycles. The minimum atomic E-state index is -0.775. The van der Waals surface area contributed by atoms with Crippen LogP contribution in [-0.2, 0) is 9.53 Å². The number of nitriles is 1. The number of ether oxygens (including phenoxy) is 1. The molecule has 2 rings (SSSR count). The lowest BCUT2D eigenvalue weighted by Crippen LogP contribution is -2.30. The third-order valence-electron chi connectivity index (χ3n) is 5.88. The van der Waals surface area contributed by atoms with E-state index >= 15 is 0 Å². The number of carbonyl (C=O) groups excluding carboxylic acids is 1. The molecule has 26 heavy (non-hydrogen) atoms. The summed E-state index contributed by atoms with van der Waals surface area (Å²) in [4.78, 5) is 12.4. The number of hydrogen-bond acceptors (Lipinski definition) is 3. The molecule has 0 bridgehead atoms. The third kappa shape index (κ3) is 6.94. The second-order valence-electron chi connectivity index (χ2n) is 7.84. The molecule has 0 spiro atoms. The molecule has 2 fully saturated rings. The van der Waals surface area contributed by atoms with Gasteiger partial charge in [-0.25, -0.2) is 0 Å². The molecule has 2 aliphatic carbocycles. The summed E-state index contributed by atoms with van der Waals surface area (Å²) in [5.74, 6) is 0.412. The van der Waals surface area contributed by atoms with Crippen LogP contribution in [0.3, 0.4) is 0 Å². The molecule has 4 heteroatoms. The van der Waals surface area contributed by atoms with Crippen LogP contribution in [0.15, 0.2) is 24.1 Å². The molecule has 0 atom stereocenters. The molecule has 0 aromatic rings. The highest BCUT2D eigenvalue weighted by Crippen LogP contribution is 2.33. The van der Waals surface area contributed by atoms with Gasteiger partial charge in [-0.1, -0.05) is 38.3 Å². The third-order valence-corrected chi connectivity index (χ3v) is 5.88. The standard InChI is InChI=1S/C22H32FNO2/c1-2-3-5-17-10-14-21(15-11-17)26-22(25)19-12-8-18(9-13-19)6-4-7-20(23)16-24/h4,6-7,17-19,21H,2-3,5,8-15H2,1H3. The van der Waals surface area contributed by atoms with Crippen molar-refractivity contribution in [3.05, 3.63) is 24.1 Å². The molecule has 0 amide bonds. The molecule has 0 aromatic carbocycles. The van der Waals surface area contributed by atoms with Gasteiger partial charge in [-0.3, -0.25) is 4.79 Å². The van der Waals surface area contributed by atoms with Crippen LogP contribution in [0, 0.1) is 29.1 Å². The Morgan fingerprint density at radius 2 is 1.85 bits per heavy atom. The number of unbranched alkanes of at least 4 members (excludes halogenated alkanes) is 1.